The zero-order valence-corrected chi connectivity index (χ0v) is 19.6. The molecule has 4 rings (SSSR count). The van der Waals surface area contributed by atoms with Gasteiger partial charge >= 0.3 is 0 Å². The van der Waals surface area contributed by atoms with E-state index in [1.807, 2.05) is 6.92 Å². The highest BCUT2D eigenvalue weighted by Gasteiger charge is 2.17. The van der Waals surface area contributed by atoms with Crippen LogP contribution in [0.2, 0.25) is 0 Å². The summed E-state index contributed by atoms with van der Waals surface area (Å²) in [5, 5.41) is 15.0. The first-order valence-corrected chi connectivity index (χ1v) is 11.3. The van der Waals surface area contributed by atoms with Gasteiger partial charge in [-0.05, 0) is 48.4 Å². The van der Waals surface area contributed by atoms with Crippen molar-refractivity contribution in [2.45, 2.75) is 13.5 Å². The average Bonchev–Trinajstić information content (AvgIpc) is 2.90. The van der Waals surface area contributed by atoms with Crippen LogP contribution in [-0.2, 0) is 11.3 Å². The van der Waals surface area contributed by atoms with E-state index >= 15 is 0 Å². The van der Waals surface area contributed by atoms with E-state index in [9.17, 15) is 14.5 Å². The lowest BCUT2D eigenvalue weighted by molar-refractivity contribution is -0.384. The molecule has 0 atom stereocenters. The van der Waals surface area contributed by atoms with Gasteiger partial charge in [-0.2, -0.15) is 10.1 Å². The molecule has 3 aromatic rings. The van der Waals surface area contributed by atoms with Crippen LogP contribution >= 0.6 is 0 Å². The molecule has 1 aromatic heterocycles. The van der Waals surface area contributed by atoms with E-state index in [2.05, 4.69) is 20.5 Å². The van der Waals surface area contributed by atoms with Gasteiger partial charge in [-0.25, -0.2) is 14.8 Å². The number of anilines is 2. The van der Waals surface area contributed by atoms with E-state index in [-0.39, 0.29) is 24.1 Å². The van der Waals surface area contributed by atoms with Crippen molar-refractivity contribution in [1.29, 1.82) is 0 Å². The SMILES string of the molecule is CCOc1cc(/C=N/Nc2ncc(F)c(N3CCOCC3)n2)ccc1OCc1ccc([N+](=O)[O-])cc1. The molecule has 11 nitrogen and oxygen atoms in total. The van der Waals surface area contributed by atoms with Gasteiger partial charge in [-0.15, -0.1) is 0 Å². The standard InChI is InChI=1S/C24H25FN6O5/c1-2-35-22-13-18(5-8-21(22)36-16-17-3-6-19(7-4-17)31(32)33)14-27-29-24-26-15-20(25)23(28-24)30-9-11-34-12-10-30/h3-8,13-15H,2,9-12,16H2,1H3,(H,26,28,29)/b27-14+. The monoisotopic (exact) mass is 496 g/mol. The van der Waals surface area contributed by atoms with Crippen molar-refractivity contribution < 1.29 is 23.5 Å². The molecule has 1 fully saturated rings. The van der Waals surface area contributed by atoms with Crippen molar-refractivity contribution in [3.05, 3.63) is 75.7 Å². The van der Waals surface area contributed by atoms with E-state index in [0.29, 0.717) is 44.4 Å². The zero-order chi connectivity index (χ0) is 25.3. The van der Waals surface area contributed by atoms with Gasteiger partial charge in [-0.3, -0.25) is 10.1 Å². The number of hydrazone groups is 1. The van der Waals surface area contributed by atoms with Crippen molar-refractivity contribution in [3.63, 3.8) is 0 Å². The Bertz CT molecular complexity index is 1220. The van der Waals surface area contributed by atoms with E-state index in [1.165, 1.54) is 12.1 Å². The van der Waals surface area contributed by atoms with Crippen molar-refractivity contribution in [2.24, 2.45) is 5.10 Å². The van der Waals surface area contributed by atoms with Gasteiger partial charge in [0.1, 0.15) is 6.61 Å². The first-order chi connectivity index (χ1) is 17.5. The fourth-order valence-electron chi connectivity index (χ4n) is 3.44. The number of aromatic nitrogens is 2. The molecule has 1 saturated heterocycles. The number of morpholine rings is 1. The Kier molecular flexibility index (Phi) is 8.19. The van der Waals surface area contributed by atoms with Gasteiger partial charge in [-0.1, -0.05) is 0 Å². The lowest BCUT2D eigenvalue weighted by atomic mass is 10.2. The molecule has 36 heavy (non-hydrogen) atoms. The topological polar surface area (TPSA) is 124 Å². The predicted molar refractivity (Wildman–Crippen MR) is 131 cm³/mol. The summed E-state index contributed by atoms with van der Waals surface area (Å²) in [6.45, 7) is 4.65. The van der Waals surface area contributed by atoms with Gasteiger partial charge in [0, 0.05) is 25.2 Å². The largest absolute Gasteiger partial charge is 0.490 e. The summed E-state index contributed by atoms with van der Waals surface area (Å²) >= 11 is 0. The first-order valence-electron chi connectivity index (χ1n) is 11.3. The number of hydrogen-bond acceptors (Lipinski definition) is 10. The first kappa shape index (κ1) is 24.8. The molecular formula is C24H25FN6O5. The Labute approximate surface area is 206 Å². The third-order valence-electron chi connectivity index (χ3n) is 5.22. The van der Waals surface area contributed by atoms with E-state index in [0.717, 1.165) is 17.3 Å². The Balaban J connectivity index is 1.40. The van der Waals surface area contributed by atoms with Crippen LogP contribution in [0.15, 0.2) is 53.8 Å². The van der Waals surface area contributed by atoms with Crippen molar-refractivity contribution in [2.75, 3.05) is 43.2 Å². The maximum absolute atomic E-state index is 14.2. The number of non-ortho nitro benzene ring substituents is 1. The average molecular weight is 496 g/mol. The Morgan fingerprint density at radius 3 is 2.69 bits per heavy atom. The molecular weight excluding hydrogens is 471 g/mol. The summed E-state index contributed by atoms with van der Waals surface area (Å²) in [5.41, 5.74) is 4.26. The van der Waals surface area contributed by atoms with Crippen LogP contribution in [-0.4, -0.2) is 54.0 Å². The molecule has 188 valence electrons. The van der Waals surface area contributed by atoms with E-state index in [1.54, 1.807) is 41.4 Å². The molecule has 1 aliphatic rings. The van der Waals surface area contributed by atoms with E-state index < -0.39 is 10.7 Å². The Morgan fingerprint density at radius 2 is 1.97 bits per heavy atom. The minimum atomic E-state index is -0.503. The summed E-state index contributed by atoms with van der Waals surface area (Å²) in [6, 6.07) is 11.5. The molecule has 0 radical (unpaired) electrons. The zero-order valence-electron chi connectivity index (χ0n) is 19.6. The summed E-state index contributed by atoms with van der Waals surface area (Å²) in [5.74, 6) is 0.923. The van der Waals surface area contributed by atoms with Crippen LogP contribution in [0.1, 0.15) is 18.1 Å². The number of nitrogens with zero attached hydrogens (tertiary/aromatic N) is 5. The molecule has 2 aromatic carbocycles. The van der Waals surface area contributed by atoms with Crippen LogP contribution < -0.4 is 19.8 Å². The molecule has 0 saturated carbocycles. The fraction of sp³-hybridized carbons (Fsp3) is 0.292. The number of nitro benzene ring substituents is 1. The van der Waals surface area contributed by atoms with Crippen LogP contribution in [0.4, 0.5) is 21.8 Å². The van der Waals surface area contributed by atoms with Crippen LogP contribution in [0.25, 0.3) is 0 Å². The highest BCUT2D eigenvalue weighted by atomic mass is 19.1. The number of nitro groups is 1. The predicted octanol–water partition coefficient (Wildman–Crippen LogP) is 3.78. The maximum Gasteiger partial charge on any atom is 0.269 e. The normalized spacial score (nSPS) is 13.6. The molecule has 0 amide bonds. The number of rotatable bonds is 10. The third-order valence-corrected chi connectivity index (χ3v) is 5.22. The van der Waals surface area contributed by atoms with Crippen molar-refractivity contribution in [3.8, 4) is 11.5 Å². The molecule has 0 spiro atoms. The van der Waals surface area contributed by atoms with Gasteiger partial charge in [0.15, 0.2) is 23.1 Å². The van der Waals surface area contributed by atoms with Gasteiger partial charge in [0.05, 0.1) is 37.2 Å². The minimum Gasteiger partial charge on any atom is -0.490 e. The summed E-state index contributed by atoms with van der Waals surface area (Å²) < 4.78 is 31.1. The van der Waals surface area contributed by atoms with Crippen LogP contribution in [0.3, 0.4) is 0 Å². The number of benzene rings is 2. The van der Waals surface area contributed by atoms with Gasteiger partial charge in [0.25, 0.3) is 5.69 Å². The van der Waals surface area contributed by atoms with E-state index in [4.69, 9.17) is 14.2 Å². The van der Waals surface area contributed by atoms with Crippen molar-refractivity contribution >= 4 is 23.7 Å². The Hall–Kier alpha value is -4.32. The molecule has 0 unspecified atom stereocenters. The molecule has 0 bridgehead atoms. The quantitative estimate of drug-likeness (QED) is 0.254. The van der Waals surface area contributed by atoms with Gasteiger partial charge < -0.3 is 19.1 Å². The fourth-order valence-corrected chi connectivity index (χ4v) is 3.44. The Morgan fingerprint density at radius 1 is 1.19 bits per heavy atom. The van der Waals surface area contributed by atoms with Gasteiger partial charge in [0.2, 0.25) is 5.95 Å². The minimum absolute atomic E-state index is 0.0226. The molecule has 1 N–H and O–H groups in total. The number of halogens is 1. The van der Waals surface area contributed by atoms with Crippen LogP contribution in [0.5, 0.6) is 11.5 Å². The second-order valence-electron chi connectivity index (χ2n) is 7.69. The summed E-state index contributed by atoms with van der Waals surface area (Å²) in [7, 11) is 0. The molecule has 12 heteroatoms. The lowest BCUT2D eigenvalue weighted by Gasteiger charge is -2.27. The third kappa shape index (κ3) is 6.42. The smallest absolute Gasteiger partial charge is 0.269 e. The summed E-state index contributed by atoms with van der Waals surface area (Å²) in [4.78, 5) is 20.3. The number of ether oxygens (including phenoxy) is 3. The highest BCUT2D eigenvalue weighted by molar-refractivity contribution is 5.81. The molecule has 0 aliphatic carbocycles. The second kappa shape index (κ2) is 11.9. The molecule has 2 heterocycles. The number of hydrogen-bond donors (Lipinski definition) is 1. The summed E-state index contributed by atoms with van der Waals surface area (Å²) in [6.07, 6.45) is 2.67. The highest BCUT2D eigenvalue weighted by Crippen LogP contribution is 2.29. The maximum atomic E-state index is 14.2. The van der Waals surface area contributed by atoms with Crippen molar-refractivity contribution in [1.82, 2.24) is 9.97 Å². The van der Waals surface area contributed by atoms with Crippen LogP contribution in [0, 0.1) is 15.9 Å². The lowest BCUT2D eigenvalue weighted by Crippen LogP contribution is -2.37. The molecule has 1 aliphatic heterocycles. The number of nitrogens with one attached hydrogen (secondary N) is 1. The second-order valence-corrected chi connectivity index (χ2v) is 7.69.